The van der Waals surface area contributed by atoms with Gasteiger partial charge in [0.2, 0.25) is 11.8 Å². The number of likely N-dealkylation sites (N-methyl/N-ethyl adjacent to an activating group) is 1. The van der Waals surface area contributed by atoms with Crippen LogP contribution in [0.15, 0.2) is 48.5 Å². The van der Waals surface area contributed by atoms with Crippen molar-refractivity contribution in [3.8, 4) is 0 Å². The van der Waals surface area contributed by atoms with Crippen molar-refractivity contribution in [3.63, 3.8) is 0 Å². The van der Waals surface area contributed by atoms with Crippen LogP contribution in [-0.2, 0) is 9.59 Å². The summed E-state index contributed by atoms with van der Waals surface area (Å²) in [6.07, 6.45) is 1.60. The summed E-state index contributed by atoms with van der Waals surface area (Å²) in [5.74, 6) is -0.694. The first-order valence-electron chi connectivity index (χ1n) is 8.47. The highest BCUT2D eigenvalue weighted by Crippen LogP contribution is 2.30. The molecule has 1 N–H and O–H groups in total. The number of halogens is 2. The van der Waals surface area contributed by atoms with Gasteiger partial charge in [-0.3, -0.25) is 9.59 Å². The Balaban J connectivity index is 2.06. The second kappa shape index (κ2) is 9.60. The van der Waals surface area contributed by atoms with Crippen LogP contribution in [0.5, 0.6) is 0 Å². The quantitative estimate of drug-likeness (QED) is 0.722. The van der Waals surface area contributed by atoms with Crippen LogP contribution in [0.3, 0.4) is 0 Å². The van der Waals surface area contributed by atoms with E-state index in [1.807, 2.05) is 37.3 Å². The molecule has 138 valence electrons. The van der Waals surface area contributed by atoms with Gasteiger partial charge < -0.3 is 10.2 Å². The van der Waals surface area contributed by atoms with Crippen LogP contribution >= 0.6 is 23.2 Å². The van der Waals surface area contributed by atoms with Gasteiger partial charge in [0.05, 0.1) is 28.2 Å². The molecule has 0 saturated carbocycles. The SMILES string of the molecule is CCCC(C(=O)N(C)CC(=O)Nc1c(Cl)cccc1Cl)c1ccccc1. The van der Waals surface area contributed by atoms with Crippen molar-refractivity contribution in [1.29, 1.82) is 0 Å². The lowest BCUT2D eigenvalue weighted by atomic mass is 9.93. The summed E-state index contributed by atoms with van der Waals surface area (Å²) >= 11 is 12.1. The van der Waals surface area contributed by atoms with Gasteiger partial charge in [0.1, 0.15) is 0 Å². The number of para-hydroxylation sites is 1. The molecule has 1 unspecified atom stereocenters. The van der Waals surface area contributed by atoms with Gasteiger partial charge in [-0.2, -0.15) is 0 Å². The van der Waals surface area contributed by atoms with E-state index in [0.717, 1.165) is 18.4 Å². The summed E-state index contributed by atoms with van der Waals surface area (Å²) in [5, 5.41) is 3.39. The second-order valence-electron chi connectivity index (χ2n) is 6.09. The molecule has 2 rings (SSSR count). The molecular weight excluding hydrogens is 371 g/mol. The standard InChI is InChI=1S/C20H22Cl2N2O2/c1-3-8-15(14-9-5-4-6-10-14)20(26)24(2)13-18(25)23-19-16(21)11-7-12-17(19)22/h4-7,9-12,15H,3,8,13H2,1-2H3,(H,23,25). The van der Waals surface area contributed by atoms with Crippen LogP contribution in [0.2, 0.25) is 10.0 Å². The van der Waals surface area contributed by atoms with Gasteiger partial charge in [-0.05, 0) is 24.1 Å². The lowest BCUT2D eigenvalue weighted by Crippen LogP contribution is -2.38. The van der Waals surface area contributed by atoms with E-state index in [4.69, 9.17) is 23.2 Å². The molecule has 6 heteroatoms. The molecular formula is C20H22Cl2N2O2. The summed E-state index contributed by atoms with van der Waals surface area (Å²) in [4.78, 5) is 26.6. The van der Waals surface area contributed by atoms with Crippen LogP contribution in [-0.4, -0.2) is 30.3 Å². The van der Waals surface area contributed by atoms with Gasteiger partial charge in [-0.15, -0.1) is 0 Å². The molecule has 0 aromatic heterocycles. The minimum Gasteiger partial charge on any atom is -0.336 e. The Hall–Kier alpha value is -2.04. The largest absolute Gasteiger partial charge is 0.336 e. The third-order valence-electron chi connectivity index (χ3n) is 4.06. The summed E-state index contributed by atoms with van der Waals surface area (Å²) < 4.78 is 0. The van der Waals surface area contributed by atoms with Gasteiger partial charge in [-0.1, -0.05) is 72.9 Å². The van der Waals surface area contributed by atoms with Crippen molar-refractivity contribution in [2.75, 3.05) is 18.9 Å². The molecule has 2 aromatic rings. The highest BCUT2D eigenvalue weighted by atomic mass is 35.5. The highest BCUT2D eigenvalue weighted by Gasteiger charge is 2.24. The maximum atomic E-state index is 12.8. The first-order chi connectivity index (χ1) is 12.4. The molecule has 0 spiro atoms. The van der Waals surface area contributed by atoms with E-state index in [9.17, 15) is 9.59 Å². The maximum Gasteiger partial charge on any atom is 0.244 e. The normalized spacial score (nSPS) is 11.7. The molecule has 0 heterocycles. The predicted octanol–water partition coefficient (Wildman–Crippen LogP) is 4.97. The minimum atomic E-state index is -0.348. The third kappa shape index (κ3) is 5.23. The molecule has 4 nitrogen and oxygen atoms in total. The van der Waals surface area contributed by atoms with E-state index >= 15 is 0 Å². The first-order valence-corrected chi connectivity index (χ1v) is 9.23. The first kappa shape index (κ1) is 20.3. The van der Waals surface area contributed by atoms with Crippen molar-refractivity contribution < 1.29 is 9.59 Å². The summed E-state index contributed by atoms with van der Waals surface area (Å²) in [6.45, 7) is 1.96. The number of hydrogen-bond acceptors (Lipinski definition) is 2. The highest BCUT2D eigenvalue weighted by molar-refractivity contribution is 6.39. The molecule has 0 saturated heterocycles. The molecule has 0 aliphatic heterocycles. The molecule has 0 aliphatic rings. The van der Waals surface area contributed by atoms with Crippen molar-refractivity contribution in [3.05, 3.63) is 64.1 Å². The summed E-state index contributed by atoms with van der Waals surface area (Å²) in [7, 11) is 1.63. The fourth-order valence-electron chi connectivity index (χ4n) is 2.76. The van der Waals surface area contributed by atoms with E-state index in [2.05, 4.69) is 5.32 Å². The fourth-order valence-corrected chi connectivity index (χ4v) is 3.25. The Morgan fingerprint density at radius 1 is 1.04 bits per heavy atom. The Kier molecular flexibility index (Phi) is 7.49. The molecule has 2 amide bonds. The fraction of sp³-hybridized carbons (Fsp3) is 0.300. The van der Waals surface area contributed by atoms with Crippen LogP contribution in [0.25, 0.3) is 0 Å². The van der Waals surface area contributed by atoms with Crippen LogP contribution in [0, 0.1) is 0 Å². The average molecular weight is 393 g/mol. The van der Waals surface area contributed by atoms with Crippen molar-refractivity contribution in [2.24, 2.45) is 0 Å². The lowest BCUT2D eigenvalue weighted by molar-refractivity contribution is -0.134. The Morgan fingerprint density at radius 3 is 2.23 bits per heavy atom. The third-order valence-corrected chi connectivity index (χ3v) is 4.69. The number of rotatable bonds is 7. The maximum absolute atomic E-state index is 12.8. The lowest BCUT2D eigenvalue weighted by Gasteiger charge is -2.24. The van der Waals surface area contributed by atoms with Crippen molar-refractivity contribution >= 4 is 40.7 Å². The topological polar surface area (TPSA) is 49.4 Å². The van der Waals surface area contributed by atoms with E-state index in [1.165, 1.54) is 4.90 Å². The number of nitrogens with one attached hydrogen (secondary N) is 1. The number of benzene rings is 2. The number of carbonyl (C=O) groups is 2. The van der Waals surface area contributed by atoms with E-state index in [1.54, 1.807) is 25.2 Å². The number of carbonyl (C=O) groups excluding carboxylic acids is 2. The van der Waals surface area contributed by atoms with Crippen molar-refractivity contribution in [1.82, 2.24) is 4.90 Å². The number of anilines is 1. The van der Waals surface area contributed by atoms with Gasteiger partial charge in [0.25, 0.3) is 0 Å². The summed E-state index contributed by atoms with van der Waals surface area (Å²) in [5.41, 5.74) is 1.32. The van der Waals surface area contributed by atoms with Gasteiger partial charge in [-0.25, -0.2) is 0 Å². The monoisotopic (exact) mass is 392 g/mol. The Bertz CT molecular complexity index is 745. The van der Waals surface area contributed by atoms with Crippen LogP contribution in [0.1, 0.15) is 31.2 Å². The van der Waals surface area contributed by atoms with Crippen LogP contribution in [0.4, 0.5) is 5.69 Å². The Morgan fingerprint density at radius 2 is 1.65 bits per heavy atom. The number of hydrogen-bond donors (Lipinski definition) is 1. The molecule has 26 heavy (non-hydrogen) atoms. The zero-order chi connectivity index (χ0) is 19.1. The predicted molar refractivity (Wildman–Crippen MR) is 107 cm³/mol. The number of amides is 2. The van der Waals surface area contributed by atoms with Gasteiger partial charge in [0, 0.05) is 7.05 Å². The molecule has 2 aromatic carbocycles. The van der Waals surface area contributed by atoms with Crippen molar-refractivity contribution in [2.45, 2.75) is 25.7 Å². The molecule has 0 fully saturated rings. The summed E-state index contributed by atoms with van der Waals surface area (Å²) in [6, 6.07) is 14.6. The average Bonchev–Trinajstić information content (AvgIpc) is 2.63. The van der Waals surface area contributed by atoms with Crippen LogP contribution < -0.4 is 5.32 Å². The molecule has 1 atom stereocenters. The van der Waals surface area contributed by atoms with Gasteiger partial charge >= 0.3 is 0 Å². The van der Waals surface area contributed by atoms with Gasteiger partial charge in [0.15, 0.2) is 0 Å². The zero-order valence-corrected chi connectivity index (χ0v) is 16.3. The molecule has 0 aliphatic carbocycles. The molecule has 0 radical (unpaired) electrons. The molecule has 0 bridgehead atoms. The number of nitrogens with zero attached hydrogens (tertiary/aromatic N) is 1. The van der Waals surface area contributed by atoms with E-state index in [0.29, 0.717) is 15.7 Å². The second-order valence-corrected chi connectivity index (χ2v) is 6.91. The Labute approximate surface area is 164 Å². The van der Waals surface area contributed by atoms with E-state index in [-0.39, 0.29) is 24.3 Å². The van der Waals surface area contributed by atoms with E-state index < -0.39 is 0 Å². The smallest absolute Gasteiger partial charge is 0.244 e. The minimum absolute atomic E-state index is 0.0760. The zero-order valence-electron chi connectivity index (χ0n) is 14.8.